The van der Waals surface area contributed by atoms with Crippen LogP contribution >= 0.6 is 0 Å². The number of alkyl halides is 3. The predicted molar refractivity (Wildman–Crippen MR) is 212 cm³/mol. The number of ether oxygens (including phenoxy) is 1. The summed E-state index contributed by atoms with van der Waals surface area (Å²) in [6, 6.07) is 30.3. The first-order valence-electron chi connectivity index (χ1n) is 17.9. The van der Waals surface area contributed by atoms with Gasteiger partial charge >= 0.3 is 21.5 Å². The molecule has 1 heterocycles. The van der Waals surface area contributed by atoms with Gasteiger partial charge in [-0.3, -0.25) is 9.59 Å². The van der Waals surface area contributed by atoms with Crippen LogP contribution in [0.1, 0.15) is 56.1 Å². The Hall–Kier alpha value is -5.95. The van der Waals surface area contributed by atoms with Gasteiger partial charge in [0, 0.05) is 70.2 Å². The molecule has 0 saturated heterocycles. The van der Waals surface area contributed by atoms with Crippen molar-refractivity contribution in [2.75, 3.05) is 4.90 Å². The van der Waals surface area contributed by atoms with E-state index in [2.05, 4.69) is 35.5 Å². The van der Waals surface area contributed by atoms with Gasteiger partial charge in [0.1, 0.15) is 17.1 Å². The molecule has 0 bridgehead atoms. The summed E-state index contributed by atoms with van der Waals surface area (Å²) in [6.45, 7) is 13.6. The Balaban J connectivity index is 1.64. The van der Waals surface area contributed by atoms with E-state index in [1.165, 1.54) is 23.8 Å². The molecular formula is C43H41F3N3O6S+. The van der Waals surface area contributed by atoms with Gasteiger partial charge in [-0.05, 0) is 102 Å². The van der Waals surface area contributed by atoms with Gasteiger partial charge < -0.3 is 14.1 Å². The summed E-state index contributed by atoms with van der Waals surface area (Å²) in [6.07, 6.45) is 0. The first-order valence-corrected chi connectivity index (χ1v) is 19.3. The van der Waals surface area contributed by atoms with Gasteiger partial charge in [0.05, 0.1) is 6.07 Å². The minimum Gasteiger partial charge on any atom is -0.456 e. The van der Waals surface area contributed by atoms with Gasteiger partial charge in [0.15, 0.2) is 6.04 Å². The number of benzene rings is 5. The van der Waals surface area contributed by atoms with Crippen LogP contribution in [0.3, 0.4) is 0 Å². The second-order valence-corrected chi connectivity index (χ2v) is 15.7. The largest absolute Gasteiger partial charge is 0.516 e. The normalized spacial score (nSPS) is 12.6. The number of esters is 1. The quantitative estimate of drug-likeness (QED) is 0.0674. The van der Waals surface area contributed by atoms with Crippen LogP contribution in [0.15, 0.2) is 108 Å². The van der Waals surface area contributed by atoms with Gasteiger partial charge in [0.25, 0.3) is 5.91 Å². The second-order valence-electron chi connectivity index (χ2n) is 14.1. The van der Waals surface area contributed by atoms with Gasteiger partial charge in [-0.15, -0.1) is 0 Å². The van der Waals surface area contributed by atoms with Crippen molar-refractivity contribution in [1.29, 1.82) is 0 Å². The van der Waals surface area contributed by atoms with E-state index < -0.39 is 27.4 Å². The number of carbonyl (C=O) groups excluding carboxylic acids is 2. The third kappa shape index (κ3) is 7.90. The number of carbonyl (C=O) groups is 2. The van der Waals surface area contributed by atoms with Crippen molar-refractivity contribution in [3.8, 4) is 28.2 Å². The average molecular weight is 785 g/mol. The number of sulfonamides is 1. The van der Waals surface area contributed by atoms with E-state index in [-0.39, 0.29) is 23.2 Å². The molecular weight excluding hydrogens is 744 g/mol. The minimum absolute atomic E-state index is 0.0206. The summed E-state index contributed by atoms with van der Waals surface area (Å²) in [4.78, 5) is 27.0. The molecule has 1 aliphatic heterocycles. The molecule has 0 saturated carbocycles. The van der Waals surface area contributed by atoms with Crippen molar-refractivity contribution >= 4 is 49.9 Å². The smallest absolute Gasteiger partial charge is 0.456 e. The number of nitrogens with zero attached hydrogens (tertiary/aromatic N) is 2. The molecule has 56 heavy (non-hydrogen) atoms. The Bertz CT molecular complexity index is 2630. The first kappa shape index (κ1) is 39.7. The van der Waals surface area contributed by atoms with Crippen molar-refractivity contribution in [1.82, 2.24) is 9.30 Å². The molecule has 6 rings (SSSR count). The number of halogens is 3. The maximum Gasteiger partial charge on any atom is 0.516 e. The summed E-state index contributed by atoms with van der Waals surface area (Å²) in [7, 11) is -6.00. The molecule has 4 aromatic carbocycles. The van der Waals surface area contributed by atoms with E-state index in [0.29, 0.717) is 33.6 Å². The van der Waals surface area contributed by atoms with Gasteiger partial charge in [-0.2, -0.15) is 26.2 Å². The molecule has 0 aromatic heterocycles. The van der Waals surface area contributed by atoms with E-state index >= 15 is 0 Å². The summed E-state index contributed by atoms with van der Waals surface area (Å²) in [5.41, 5.74) is 0.336. The molecule has 0 unspecified atom stereocenters. The maximum atomic E-state index is 13.4. The zero-order valence-electron chi connectivity index (χ0n) is 31.9. The number of aryl methyl sites for hydroxylation is 2. The lowest BCUT2D eigenvalue weighted by Gasteiger charge is -2.29. The number of fused-ring (bicyclic) bond motifs is 2. The summed E-state index contributed by atoms with van der Waals surface area (Å²) < 4.78 is 79.6. The highest BCUT2D eigenvalue weighted by molar-refractivity contribution is 7.90. The molecule has 4 aromatic rings. The monoisotopic (exact) mass is 784 g/mol. The molecule has 0 fully saturated rings. The molecule has 290 valence electrons. The molecule has 0 atom stereocenters. The van der Waals surface area contributed by atoms with E-state index in [1.807, 2.05) is 76.2 Å². The Morgan fingerprint density at radius 3 is 2.12 bits per heavy atom. The zero-order chi connectivity index (χ0) is 40.7. The van der Waals surface area contributed by atoms with Crippen LogP contribution in [-0.2, 0) is 14.8 Å². The van der Waals surface area contributed by atoms with Gasteiger partial charge in [0.2, 0.25) is 11.0 Å². The SMILES string of the molecule is CC(=O)Oc1ccc(N(c2ccc3c(-c4ccccc4C(=O)NS(=O)(=O)C(F)(F)F)c4ccc(=[N+](c5ccc(C)cc5C)C(C)C)cc-4oc3c2)C(C)C)cc1. The molecule has 9 nitrogen and oxygen atoms in total. The third-order valence-electron chi connectivity index (χ3n) is 9.24. The van der Waals surface area contributed by atoms with Crippen molar-refractivity contribution in [2.45, 2.75) is 66.1 Å². The first-order chi connectivity index (χ1) is 26.4. The van der Waals surface area contributed by atoms with Crippen molar-refractivity contribution in [3.63, 3.8) is 0 Å². The molecule has 1 amide bonds. The molecule has 1 N–H and O–H groups in total. The Kier molecular flexibility index (Phi) is 10.9. The van der Waals surface area contributed by atoms with Crippen LogP contribution in [-0.4, -0.2) is 37.9 Å². The standard InChI is InChI=1S/C43H40F3N3O6S/c1-25(2)48(30-13-17-33(18-14-30)54-29(7)50)31-15-19-36-39(23-31)55-40-24-32(49(26(3)4)38-21-12-27(5)22-28(38)6)16-20-37(40)41(36)34-10-8-9-11-35(34)42(51)47-56(52,53)43(44,45)46/h8-26H,1-7H3/p+1. The lowest BCUT2D eigenvalue weighted by Crippen LogP contribution is -2.40. The highest BCUT2D eigenvalue weighted by Gasteiger charge is 2.47. The summed E-state index contributed by atoms with van der Waals surface area (Å²) in [5, 5.41) is 1.33. The molecule has 2 aliphatic rings. The van der Waals surface area contributed by atoms with Crippen molar-refractivity contribution in [2.24, 2.45) is 0 Å². The minimum atomic E-state index is -6.00. The van der Waals surface area contributed by atoms with Crippen LogP contribution in [0.2, 0.25) is 0 Å². The van der Waals surface area contributed by atoms with Gasteiger partial charge in [-0.25, -0.2) is 4.72 Å². The molecule has 0 spiro atoms. The number of nitrogens with one attached hydrogen (secondary N) is 1. The number of hydrogen-bond donors (Lipinski definition) is 1. The van der Waals surface area contributed by atoms with Crippen molar-refractivity contribution < 1.29 is 40.3 Å². The summed E-state index contributed by atoms with van der Waals surface area (Å²) in [5.74, 6) is -1.06. The fourth-order valence-electron chi connectivity index (χ4n) is 6.97. The average Bonchev–Trinajstić information content (AvgIpc) is 3.11. The molecule has 13 heteroatoms. The Morgan fingerprint density at radius 1 is 0.821 bits per heavy atom. The second kappa shape index (κ2) is 15.3. The maximum absolute atomic E-state index is 13.4. The number of anilines is 2. The van der Waals surface area contributed by atoms with Crippen LogP contribution in [0.4, 0.5) is 30.2 Å². The Labute approximate surface area is 323 Å². The highest BCUT2D eigenvalue weighted by atomic mass is 32.2. The van der Waals surface area contributed by atoms with Crippen LogP contribution < -0.4 is 24.3 Å². The molecule has 0 radical (unpaired) electrons. The number of rotatable bonds is 9. The van der Waals surface area contributed by atoms with E-state index in [9.17, 15) is 31.2 Å². The molecule has 1 aliphatic carbocycles. The zero-order valence-corrected chi connectivity index (χ0v) is 32.7. The summed E-state index contributed by atoms with van der Waals surface area (Å²) >= 11 is 0. The topological polar surface area (TPSA) is 109 Å². The van der Waals surface area contributed by atoms with E-state index in [1.54, 1.807) is 30.3 Å². The van der Waals surface area contributed by atoms with Crippen LogP contribution in [0.5, 0.6) is 5.75 Å². The number of amides is 1. The Morgan fingerprint density at radius 2 is 1.50 bits per heavy atom. The van der Waals surface area contributed by atoms with E-state index in [4.69, 9.17) is 9.15 Å². The lowest BCUT2D eigenvalue weighted by atomic mass is 9.90. The van der Waals surface area contributed by atoms with Gasteiger partial charge in [-0.1, -0.05) is 29.8 Å². The van der Waals surface area contributed by atoms with Crippen LogP contribution in [0.25, 0.3) is 33.4 Å². The third-order valence-corrected chi connectivity index (χ3v) is 10.3. The fraction of sp³-hybridized carbons (Fsp3) is 0.233. The highest BCUT2D eigenvalue weighted by Crippen LogP contribution is 2.43. The van der Waals surface area contributed by atoms with Crippen LogP contribution in [0, 0.1) is 13.8 Å². The fourth-order valence-corrected chi connectivity index (χ4v) is 7.44. The van der Waals surface area contributed by atoms with E-state index in [0.717, 1.165) is 33.5 Å². The lowest BCUT2D eigenvalue weighted by molar-refractivity contribution is -0.131. The number of hydrogen-bond acceptors (Lipinski definition) is 7. The predicted octanol–water partition coefficient (Wildman–Crippen LogP) is 9.38. The van der Waals surface area contributed by atoms with Crippen molar-refractivity contribution in [3.05, 3.63) is 125 Å².